The zero-order chi connectivity index (χ0) is 30.5. The van der Waals surface area contributed by atoms with E-state index in [2.05, 4.69) is 6.07 Å². The third-order valence-corrected chi connectivity index (χ3v) is 8.15. The molecule has 3 aromatic carbocycles. The molecule has 0 spiro atoms. The topological polar surface area (TPSA) is 93.9 Å². The number of carboxylic acids is 1. The number of aliphatic carboxylic acids is 1. The van der Waals surface area contributed by atoms with Gasteiger partial charge in [-0.15, -0.1) is 0 Å². The van der Waals surface area contributed by atoms with Crippen LogP contribution in [0.15, 0.2) is 72.8 Å². The van der Waals surface area contributed by atoms with E-state index in [1.807, 2.05) is 31.2 Å². The van der Waals surface area contributed by atoms with Crippen LogP contribution < -0.4 is 4.74 Å². The predicted octanol–water partition coefficient (Wildman–Crippen LogP) is 6.91. The highest BCUT2D eigenvalue weighted by Crippen LogP contribution is 2.37. The number of carbonyl (C=O) groups is 2. The molecule has 1 fully saturated rings. The van der Waals surface area contributed by atoms with E-state index in [0.717, 1.165) is 24.2 Å². The zero-order valence-electron chi connectivity index (χ0n) is 24.0. The summed E-state index contributed by atoms with van der Waals surface area (Å²) in [4.78, 5) is 27.9. The van der Waals surface area contributed by atoms with Crippen molar-refractivity contribution in [1.82, 2.24) is 14.7 Å². The third-order valence-electron chi connectivity index (χ3n) is 7.58. The monoisotopic (exact) mass is 621 g/mol. The normalized spacial score (nSPS) is 14.5. The van der Waals surface area contributed by atoms with Crippen molar-refractivity contribution in [3.8, 4) is 22.7 Å². The number of amides is 1. The highest BCUT2D eigenvalue weighted by atomic mass is 35.5. The predicted molar refractivity (Wildman–Crippen MR) is 167 cm³/mol. The van der Waals surface area contributed by atoms with Gasteiger partial charge in [0.05, 0.1) is 29.4 Å². The minimum atomic E-state index is -1.07. The number of hydrogen-bond donors (Lipinski definition) is 1. The first-order chi connectivity index (χ1) is 20.8. The van der Waals surface area contributed by atoms with E-state index in [9.17, 15) is 14.7 Å². The molecule has 0 aliphatic carbocycles. The van der Waals surface area contributed by atoms with Crippen LogP contribution in [0.3, 0.4) is 0 Å². The second kappa shape index (κ2) is 13.6. The summed E-state index contributed by atoms with van der Waals surface area (Å²) in [6, 6.07) is 22.1. The number of ether oxygens (including phenoxy) is 2. The summed E-state index contributed by atoms with van der Waals surface area (Å²) >= 11 is 12.7. The van der Waals surface area contributed by atoms with Gasteiger partial charge in [-0.25, -0.2) is 4.68 Å². The SMILES string of the molecule is COCC(C)Oc1ccccc1C1CCN(C(=O)c2nn(-c3ccccc3Cl)c(-c3ccc(Cl)cc3)c2CC(=O)O)CC1. The van der Waals surface area contributed by atoms with Gasteiger partial charge in [0.15, 0.2) is 5.69 Å². The Balaban J connectivity index is 1.47. The highest BCUT2D eigenvalue weighted by molar-refractivity contribution is 6.32. The van der Waals surface area contributed by atoms with Crippen LogP contribution in [0.1, 0.15) is 47.3 Å². The molecule has 4 aromatic rings. The van der Waals surface area contributed by atoms with Crippen molar-refractivity contribution in [2.24, 2.45) is 0 Å². The molecule has 1 aromatic heterocycles. The van der Waals surface area contributed by atoms with Gasteiger partial charge in [-0.05, 0) is 61.6 Å². The van der Waals surface area contributed by atoms with Crippen LogP contribution in [0, 0.1) is 0 Å². The van der Waals surface area contributed by atoms with E-state index >= 15 is 0 Å². The van der Waals surface area contributed by atoms with E-state index in [-0.39, 0.29) is 30.0 Å². The average Bonchev–Trinajstić information content (AvgIpc) is 3.36. The van der Waals surface area contributed by atoms with Gasteiger partial charge in [0.2, 0.25) is 0 Å². The fourth-order valence-electron chi connectivity index (χ4n) is 5.60. The van der Waals surface area contributed by atoms with Crippen LogP contribution in [0.25, 0.3) is 16.9 Å². The minimum Gasteiger partial charge on any atom is -0.488 e. The summed E-state index contributed by atoms with van der Waals surface area (Å²) in [5, 5.41) is 15.6. The van der Waals surface area contributed by atoms with Gasteiger partial charge in [-0.1, -0.05) is 65.7 Å². The summed E-state index contributed by atoms with van der Waals surface area (Å²) in [6.07, 6.45) is 0.982. The van der Waals surface area contributed by atoms with Crippen molar-refractivity contribution in [3.05, 3.63) is 99.7 Å². The Morgan fingerprint density at radius 1 is 1.00 bits per heavy atom. The number of carbonyl (C=O) groups excluding carboxylic acids is 1. The van der Waals surface area contributed by atoms with Crippen LogP contribution in [-0.2, 0) is 16.0 Å². The lowest BCUT2D eigenvalue weighted by Crippen LogP contribution is -2.38. The van der Waals surface area contributed by atoms with Crippen molar-refractivity contribution >= 4 is 35.1 Å². The van der Waals surface area contributed by atoms with Gasteiger partial charge in [0, 0.05) is 36.3 Å². The van der Waals surface area contributed by atoms with E-state index < -0.39 is 5.97 Å². The second-order valence-electron chi connectivity index (χ2n) is 10.6. The number of likely N-dealkylation sites (tertiary alicyclic amines) is 1. The lowest BCUT2D eigenvalue weighted by Gasteiger charge is -2.33. The minimum absolute atomic E-state index is 0.0939. The Kier molecular flexibility index (Phi) is 9.70. The summed E-state index contributed by atoms with van der Waals surface area (Å²) in [5.74, 6) is -0.347. The van der Waals surface area contributed by atoms with E-state index in [1.165, 1.54) is 0 Å². The lowest BCUT2D eigenvalue weighted by molar-refractivity contribution is -0.136. The molecule has 2 heterocycles. The van der Waals surface area contributed by atoms with Crippen molar-refractivity contribution in [3.63, 3.8) is 0 Å². The Morgan fingerprint density at radius 3 is 2.35 bits per heavy atom. The molecule has 1 unspecified atom stereocenters. The largest absolute Gasteiger partial charge is 0.488 e. The molecule has 1 aliphatic heterocycles. The number of methoxy groups -OCH3 is 1. The smallest absolute Gasteiger partial charge is 0.307 e. The van der Waals surface area contributed by atoms with Crippen molar-refractivity contribution in [1.29, 1.82) is 0 Å². The van der Waals surface area contributed by atoms with E-state index in [4.69, 9.17) is 37.8 Å². The Labute approximate surface area is 260 Å². The maximum Gasteiger partial charge on any atom is 0.307 e. The summed E-state index contributed by atoms with van der Waals surface area (Å²) in [6.45, 7) is 3.44. The van der Waals surface area contributed by atoms with Crippen molar-refractivity contribution in [2.45, 2.75) is 38.2 Å². The van der Waals surface area contributed by atoms with E-state index in [0.29, 0.717) is 52.2 Å². The summed E-state index contributed by atoms with van der Waals surface area (Å²) in [7, 11) is 1.65. The Hall–Kier alpha value is -3.85. The number of aromatic nitrogens is 2. The molecule has 1 amide bonds. The maximum atomic E-state index is 14.1. The molecule has 1 saturated heterocycles. The average molecular weight is 623 g/mol. The third kappa shape index (κ3) is 6.88. The fraction of sp³-hybridized carbons (Fsp3) is 0.303. The number of hydrogen-bond acceptors (Lipinski definition) is 5. The number of benzene rings is 3. The molecule has 0 saturated carbocycles. The molecular formula is C33H33Cl2N3O5. The number of para-hydroxylation sites is 2. The fourth-order valence-corrected chi connectivity index (χ4v) is 5.94. The Bertz CT molecular complexity index is 1600. The number of piperidine rings is 1. The quantitative estimate of drug-likeness (QED) is 0.207. The first-order valence-corrected chi connectivity index (χ1v) is 14.9. The first kappa shape index (κ1) is 30.6. The molecule has 5 rings (SSSR count). The van der Waals surface area contributed by atoms with Gasteiger partial charge in [-0.2, -0.15) is 5.10 Å². The molecule has 1 N–H and O–H groups in total. The van der Waals surface area contributed by atoms with Crippen LogP contribution in [0.4, 0.5) is 0 Å². The zero-order valence-corrected chi connectivity index (χ0v) is 25.5. The van der Waals surface area contributed by atoms with Crippen LogP contribution in [-0.4, -0.2) is 64.6 Å². The number of carboxylic acid groups (broad SMARTS) is 1. The van der Waals surface area contributed by atoms with Gasteiger partial charge >= 0.3 is 5.97 Å². The Morgan fingerprint density at radius 2 is 1.67 bits per heavy atom. The molecular weight excluding hydrogens is 589 g/mol. The molecule has 8 nitrogen and oxygen atoms in total. The molecule has 0 radical (unpaired) electrons. The molecule has 10 heteroatoms. The second-order valence-corrected chi connectivity index (χ2v) is 11.4. The standard InChI is InChI=1S/C33H33Cl2N3O5/c1-21(20-42-2)43-29-10-6-3-7-25(29)22-15-17-37(18-16-22)33(41)31-26(19-30(39)40)32(23-11-13-24(34)14-12-23)38(36-31)28-9-5-4-8-27(28)35/h3-14,21-22H,15-20H2,1-2H3,(H,39,40). The molecule has 0 bridgehead atoms. The molecule has 224 valence electrons. The van der Waals surface area contributed by atoms with Gasteiger partial charge in [0.25, 0.3) is 5.91 Å². The summed E-state index contributed by atoms with van der Waals surface area (Å²) in [5.41, 5.74) is 3.23. The number of rotatable bonds is 10. The number of nitrogens with zero attached hydrogens (tertiary/aromatic N) is 3. The highest BCUT2D eigenvalue weighted by Gasteiger charge is 2.32. The molecule has 43 heavy (non-hydrogen) atoms. The van der Waals surface area contributed by atoms with Crippen LogP contribution in [0.2, 0.25) is 10.0 Å². The first-order valence-electron chi connectivity index (χ1n) is 14.1. The summed E-state index contributed by atoms with van der Waals surface area (Å²) < 4.78 is 13.0. The van der Waals surface area contributed by atoms with E-state index in [1.54, 1.807) is 59.2 Å². The molecule has 1 aliphatic rings. The molecule has 1 atom stereocenters. The number of halogens is 2. The van der Waals surface area contributed by atoms with Gasteiger partial charge < -0.3 is 19.5 Å². The van der Waals surface area contributed by atoms with Crippen molar-refractivity contribution in [2.75, 3.05) is 26.8 Å². The van der Waals surface area contributed by atoms with Crippen LogP contribution >= 0.6 is 23.2 Å². The van der Waals surface area contributed by atoms with Crippen molar-refractivity contribution < 1.29 is 24.2 Å². The van der Waals surface area contributed by atoms with Crippen LogP contribution in [0.5, 0.6) is 5.75 Å². The van der Waals surface area contributed by atoms with Gasteiger partial charge in [0.1, 0.15) is 11.9 Å². The maximum absolute atomic E-state index is 14.1. The van der Waals surface area contributed by atoms with Gasteiger partial charge in [-0.3, -0.25) is 9.59 Å². The lowest BCUT2D eigenvalue weighted by atomic mass is 9.88.